The van der Waals surface area contributed by atoms with E-state index < -0.39 is 5.60 Å². The minimum Gasteiger partial charge on any atom is -0.375 e. The van der Waals surface area contributed by atoms with Gasteiger partial charge in [-0.2, -0.15) is 5.26 Å². The first kappa shape index (κ1) is 11.7. The fourth-order valence-electron chi connectivity index (χ4n) is 3.46. The van der Waals surface area contributed by atoms with Crippen molar-refractivity contribution >= 4 is 0 Å². The molecule has 2 saturated heterocycles. The van der Waals surface area contributed by atoms with E-state index in [1.807, 2.05) is 6.07 Å². The van der Waals surface area contributed by atoms with Crippen molar-refractivity contribution in [2.75, 3.05) is 0 Å². The third-order valence-corrected chi connectivity index (χ3v) is 4.33. The van der Waals surface area contributed by atoms with E-state index in [0.29, 0.717) is 24.9 Å². The molecule has 3 rings (SSSR count). The van der Waals surface area contributed by atoms with Crippen LogP contribution in [0.25, 0.3) is 0 Å². The molecule has 2 fully saturated rings. The van der Waals surface area contributed by atoms with Crippen LogP contribution in [0.5, 0.6) is 0 Å². The van der Waals surface area contributed by atoms with Gasteiger partial charge in [0.25, 0.3) is 0 Å². The van der Waals surface area contributed by atoms with Gasteiger partial charge in [0.15, 0.2) is 5.60 Å². The lowest BCUT2D eigenvalue weighted by Gasteiger charge is -2.40. The number of hydrogen-bond acceptors (Lipinski definition) is 3. The van der Waals surface area contributed by atoms with E-state index >= 15 is 0 Å². The van der Waals surface area contributed by atoms with Gasteiger partial charge in [0, 0.05) is 31.5 Å². The van der Waals surface area contributed by atoms with Crippen LogP contribution < -0.4 is 0 Å². The van der Waals surface area contributed by atoms with Crippen LogP contribution in [0.15, 0.2) is 30.3 Å². The van der Waals surface area contributed by atoms with Gasteiger partial charge in [-0.15, -0.1) is 0 Å². The minimum absolute atomic E-state index is 0.369. The van der Waals surface area contributed by atoms with Crippen molar-refractivity contribution < 1.29 is 5.11 Å². The van der Waals surface area contributed by atoms with E-state index in [0.717, 1.165) is 19.4 Å². The number of fused-ring (bicyclic) bond motifs is 2. The lowest BCUT2D eigenvalue weighted by atomic mass is 9.87. The van der Waals surface area contributed by atoms with Crippen molar-refractivity contribution in [3.05, 3.63) is 35.9 Å². The highest BCUT2D eigenvalue weighted by atomic mass is 16.3. The Labute approximate surface area is 108 Å². The Morgan fingerprint density at radius 2 is 1.83 bits per heavy atom. The van der Waals surface area contributed by atoms with Gasteiger partial charge in [0.2, 0.25) is 0 Å². The van der Waals surface area contributed by atoms with E-state index in [1.165, 1.54) is 5.56 Å². The molecule has 0 aromatic heterocycles. The maximum absolute atomic E-state index is 10.2. The van der Waals surface area contributed by atoms with Crippen molar-refractivity contribution in [2.24, 2.45) is 0 Å². The zero-order valence-electron chi connectivity index (χ0n) is 10.4. The average Bonchev–Trinajstić information content (AvgIpc) is 2.64. The van der Waals surface area contributed by atoms with E-state index in [-0.39, 0.29) is 0 Å². The van der Waals surface area contributed by atoms with Crippen LogP contribution in [-0.4, -0.2) is 27.7 Å². The van der Waals surface area contributed by atoms with Crippen LogP contribution in [-0.2, 0) is 6.54 Å². The molecule has 0 spiro atoms. The molecular formula is C15H18N2O. The zero-order chi connectivity index (χ0) is 12.6. The summed E-state index contributed by atoms with van der Waals surface area (Å²) in [6.07, 6.45) is 3.43. The molecule has 0 aliphatic carbocycles. The fraction of sp³-hybridized carbons (Fsp3) is 0.533. The summed E-state index contributed by atoms with van der Waals surface area (Å²) in [7, 11) is 0. The Morgan fingerprint density at radius 3 is 2.39 bits per heavy atom. The van der Waals surface area contributed by atoms with Crippen LogP contribution in [0.1, 0.15) is 31.2 Å². The molecule has 2 aliphatic rings. The second kappa shape index (κ2) is 4.38. The molecule has 1 aromatic rings. The summed E-state index contributed by atoms with van der Waals surface area (Å²) in [5.41, 5.74) is 0.232. The highest BCUT2D eigenvalue weighted by molar-refractivity contribution is 5.17. The van der Waals surface area contributed by atoms with Crippen LogP contribution in [0.2, 0.25) is 0 Å². The summed E-state index contributed by atoms with van der Waals surface area (Å²) >= 11 is 0. The maximum Gasteiger partial charge on any atom is 0.154 e. The van der Waals surface area contributed by atoms with Crippen molar-refractivity contribution in [3.63, 3.8) is 0 Å². The van der Waals surface area contributed by atoms with E-state index in [9.17, 15) is 5.11 Å². The zero-order valence-corrected chi connectivity index (χ0v) is 10.4. The van der Waals surface area contributed by atoms with Crippen LogP contribution in [0, 0.1) is 11.3 Å². The first-order valence-electron chi connectivity index (χ1n) is 6.63. The highest BCUT2D eigenvalue weighted by Crippen LogP contribution is 2.41. The van der Waals surface area contributed by atoms with Crippen molar-refractivity contribution in [3.8, 4) is 6.07 Å². The van der Waals surface area contributed by atoms with Crippen molar-refractivity contribution in [2.45, 2.75) is 49.9 Å². The third-order valence-electron chi connectivity index (χ3n) is 4.33. The third kappa shape index (κ3) is 2.03. The highest BCUT2D eigenvalue weighted by Gasteiger charge is 2.47. The molecule has 1 aromatic carbocycles. The molecular weight excluding hydrogens is 224 g/mol. The van der Waals surface area contributed by atoms with Gasteiger partial charge < -0.3 is 5.11 Å². The van der Waals surface area contributed by atoms with Gasteiger partial charge in [0.05, 0.1) is 6.07 Å². The monoisotopic (exact) mass is 242 g/mol. The quantitative estimate of drug-likeness (QED) is 0.808. The Kier molecular flexibility index (Phi) is 2.85. The summed E-state index contributed by atoms with van der Waals surface area (Å²) in [5, 5.41) is 19.2. The van der Waals surface area contributed by atoms with E-state index in [2.05, 4.69) is 35.2 Å². The first-order chi connectivity index (χ1) is 8.70. The van der Waals surface area contributed by atoms with E-state index in [4.69, 9.17) is 5.26 Å². The number of piperidine rings is 1. The Hall–Kier alpha value is -1.37. The smallest absolute Gasteiger partial charge is 0.154 e. The van der Waals surface area contributed by atoms with Gasteiger partial charge in [0.1, 0.15) is 0 Å². The van der Waals surface area contributed by atoms with Crippen molar-refractivity contribution in [1.29, 1.82) is 5.26 Å². The van der Waals surface area contributed by atoms with Crippen molar-refractivity contribution in [1.82, 2.24) is 4.90 Å². The number of hydrogen-bond donors (Lipinski definition) is 1. The molecule has 0 saturated carbocycles. The van der Waals surface area contributed by atoms with Gasteiger partial charge in [-0.25, -0.2) is 0 Å². The lowest BCUT2D eigenvalue weighted by molar-refractivity contribution is -0.0154. The second-order valence-corrected chi connectivity index (χ2v) is 5.59. The Bertz CT molecular complexity index is 451. The molecule has 0 amide bonds. The van der Waals surface area contributed by atoms with E-state index in [1.54, 1.807) is 0 Å². The molecule has 94 valence electrons. The minimum atomic E-state index is -1.08. The largest absolute Gasteiger partial charge is 0.375 e. The first-order valence-corrected chi connectivity index (χ1v) is 6.63. The summed E-state index contributed by atoms with van der Waals surface area (Å²) < 4.78 is 0. The average molecular weight is 242 g/mol. The summed E-state index contributed by atoms with van der Waals surface area (Å²) in [6, 6.07) is 13.3. The number of benzene rings is 1. The number of aliphatic hydroxyl groups is 1. The molecule has 0 radical (unpaired) electrons. The van der Waals surface area contributed by atoms with Crippen LogP contribution >= 0.6 is 0 Å². The number of nitrogens with zero attached hydrogens (tertiary/aromatic N) is 2. The molecule has 3 heteroatoms. The topological polar surface area (TPSA) is 47.3 Å². The molecule has 2 bridgehead atoms. The summed E-state index contributed by atoms with van der Waals surface area (Å²) in [4.78, 5) is 2.47. The predicted octanol–water partition coefficient (Wildman–Crippen LogP) is 2.07. The number of nitriles is 1. The lowest BCUT2D eigenvalue weighted by Crippen LogP contribution is -2.49. The second-order valence-electron chi connectivity index (χ2n) is 5.59. The van der Waals surface area contributed by atoms with Gasteiger partial charge in [-0.1, -0.05) is 30.3 Å². The van der Waals surface area contributed by atoms with Crippen LogP contribution in [0.3, 0.4) is 0 Å². The SMILES string of the molecule is N#CC1(O)CC2CCC(C1)N2Cc1ccccc1. The number of rotatable bonds is 2. The standard InChI is InChI=1S/C15H18N2O/c16-11-15(18)8-13-6-7-14(9-15)17(13)10-12-4-2-1-3-5-12/h1-5,13-14,18H,6-10H2. The normalized spacial score (nSPS) is 35.3. The molecule has 2 heterocycles. The molecule has 2 aliphatic heterocycles. The van der Waals surface area contributed by atoms with Gasteiger partial charge >= 0.3 is 0 Å². The van der Waals surface area contributed by atoms with Crippen LogP contribution in [0.4, 0.5) is 0 Å². The Morgan fingerprint density at radius 1 is 1.22 bits per heavy atom. The molecule has 1 N–H and O–H groups in total. The van der Waals surface area contributed by atoms with Gasteiger partial charge in [-0.05, 0) is 18.4 Å². The predicted molar refractivity (Wildman–Crippen MR) is 68.6 cm³/mol. The molecule has 2 atom stereocenters. The van der Waals surface area contributed by atoms with Gasteiger partial charge in [-0.3, -0.25) is 4.90 Å². The Balaban J connectivity index is 1.75. The molecule has 18 heavy (non-hydrogen) atoms. The summed E-state index contributed by atoms with van der Waals surface area (Å²) in [5.74, 6) is 0. The summed E-state index contributed by atoms with van der Waals surface area (Å²) in [6.45, 7) is 0.942. The molecule has 3 nitrogen and oxygen atoms in total. The maximum atomic E-state index is 10.2. The fourth-order valence-corrected chi connectivity index (χ4v) is 3.46. The molecule has 2 unspecified atom stereocenters.